The second kappa shape index (κ2) is 7.57. The molecule has 0 bridgehead atoms. The van der Waals surface area contributed by atoms with Gasteiger partial charge in [-0.05, 0) is 46.5 Å². The lowest BCUT2D eigenvalue weighted by molar-refractivity contribution is -0.134. The lowest BCUT2D eigenvalue weighted by atomic mass is 9.92. The molecule has 140 valence electrons. The van der Waals surface area contributed by atoms with Crippen LogP contribution in [0.5, 0.6) is 0 Å². The van der Waals surface area contributed by atoms with Gasteiger partial charge in [-0.2, -0.15) is 5.26 Å². The third kappa shape index (κ3) is 3.35. The summed E-state index contributed by atoms with van der Waals surface area (Å²) >= 11 is 0. The van der Waals surface area contributed by atoms with E-state index in [0.29, 0.717) is 5.56 Å². The molecule has 0 spiro atoms. The second-order valence-corrected chi connectivity index (χ2v) is 6.79. The zero-order chi connectivity index (χ0) is 20.4. The summed E-state index contributed by atoms with van der Waals surface area (Å²) in [5.74, 6) is -0.379. The highest BCUT2D eigenvalue weighted by Gasteiger charge is 2.12. The van der Waals surface area contributed by atoms with Gasteiger partial charge in [0.1, 0.15) is 0 Å². The second-order valence-electron chi connectivity index (χ2n) is 6.79. The Bertz CT molecular complexity index is 1330. The number of hydrogen-bond acceptors (Lipinski definition) is 4. The predicted octanol–water partition coefficient (Wildman–Crippen LogP) is 5.50. The van der Waals surface area contributed by atoms with E-state index in [1.807, 2.05) is 67.8 Å². The van der Waals surface area contributed by atoms with Crippen LogP contribution in [-0.4, -0.2) is 18.1 Å². The Labute approximate surface area is 168 Å². The monoisotopic (exact) mass is 378 g/mol. The van der Waals surface area contributed by atoms with E-state index in [2.05, 4.69) is 17.1 Å². The average molecular weight is 378 g/mol. The van der Waals surface area contributed by atoms with E-state index >= 15 is 0 Å². The number of methoxy groups -OCH3 is 1. The highest BCUT2D eigenvalue weighted by Crippen LogP contribution is 2.35. The molecule has 3 aromatic carbocycles. The number of carbonyl (C=O) groups is 1. The molecule has 0 aliphatic carbocycles. The minimum absolute atomic E-state index is 0.379. The Hall–Kier alpha value is -3.97. The van der Waals surface area contributed by atoms with Crippen molar-refractivity contribution in [1.29, 1.82) is 5.26 Å². The van der Waals surface area contributed by atoms with Gasteiger partial charge in [0.25, 0.3) is 0 Å². The fraction of sp³-hybridized carbons (Fsp3) is 0.0800. The van der Waals surface area contributed by atoms with E-state index in [1.54, 1.807) is 0 Å². The van der Waals surface area contributed by atoms with Gasteiger partial charge < -0.3 is 4.74 Å². The molecule has 0 fully saturated rings. The molecule has 29 heavy (non-hydrogen) atoms. The number of fused-ring (bicyclic) bond motifs is 2. The number of allylic oxidation sites excluding steroid dienone is 1. The summed E-state index contributed by atoms with van der Waals surface area (Å²) < 4.78 is 4.74. The Morgan fingerprint density at radius 3 is 2.55 bits per heavy atom. The Balaban J connectivity index is 1.97. The van der Waals surface area contributed by atoms with Crippen molar-refractivity contribution in [3.8, 4) is 17.2 Å². The quantitative estimate of drug-likeness (QED) is 0.349. The maximum absolute atomic E-state index is 11.6. The maximum atomic E-state index is 11.6. The molecule has 0 aliphatic heterocycles. The molecule has 4 rings (SSSR count). The normalized spacial score (nSPS) is 11.4. The summed E-state index contributed by atoms with van der Waals surface area (Å²) in [6.45, 7) is 1.88. The molecule has 0 amide bonds. The number of nitrogens with zero attached hydrogens (tertiary/aromatic N) is 2. The van der Waals surface area contributed by atoms with Gasteiger partial charge in [-0.1, -0.05) is 42.5 Å². The van der Waals surface area contributed by atoms with Crippen molar-refractivity contribution < 1.29 is 9.53 Å². The average Bonchev–Trinajstić information content (AvgIpc) is 2.77. The third-order valence-corrected chi connectivity index (χ3v) is 5.09. The smallest absolute Gasteiger partial charge is 0.330 e. The Kier molecular flexibility index (Phi) is 4.80. The number of carbonyl (C=O) groups excluding carboxylic acids is 1. The van der Waals surface area contributed by atoms with Crippen LogP contribution in [-0.2, 0) is 9.53 Å². The highest BCUT2D eigenvalue weighted by atomic mass is 16.5. The first-order chi connectivity index (χ1) is 14.1. The van der Waals surface area contributed by atoms with Gasteiger partial charge in [0.05, 0.1) is 18.7 Å². The van der Waals surface area contributed by atoms with Crippen molar-refractivity contribution >= 4 is 33.1 Å². The molecule has 4 nitrogen and oxygen atoms in total. The van der Waals surface area contributed by atoms with Gasteiger partial charge in [0, 0.05) is 34.8 Å². The van der Waals surface area contributed by atoms with Gasteiger partial charge in [0.15, 0.2) is 0 Å². The zero-order valence-corrected chi connectivity index (χ0v) is 16.1. The number of aromatic nitrogens is 1. The van der Waals surface area contributed by atoms with Crippen LogP contribution < -0.4 is 0 Å². The molecular weight excluding hydrogens is 360 g/mol. The topological polar surface area (TPSA) is 63.0 Å². The van der Waals surface area contributed by atoms with Crippen LogP contribution in [0.3, 0.4) is 0 Å². The van der Waals surface area contributed by atoms with E-state index < -0.39 is 0 Å². The van der Waals surface area contributed by atoms with E-state index in [1.165, 1.54) is 13.2 Å². The fourth-order valence-electron chi connectivity index (χ4n) is 3.57. The summed E-state index contributed by atoms with van der Waals surface area (Å²) in [5.41, 5.74) is 4.41. The number of rotatable bonds is 3. The molecule has 0 radical (unpaired) electrons. The number of nitriles is 1. The molecule has 0 N–H and O–H groups in total. The summed E-state index contributed by atoms with van der Waals surface area (Å²) in [4.78, 5) is 16.0. The molecule has 4 aromatic rings. The highest BCUT2D eigenvalue weighted by molar-refractivity contribution is 6.07. The molecule has 0 atom stereocenters. The van der Waals surface area contributed by atoms with Crippen LogP contribution in [0.4, 0.5) is 0 Å². The van der Waals surface area contributed by atoms with E-state index in [0.717, 1.165) is 43.8 Å². The van der Waals surface area contributed by atoms with Crippen molar-refractivity contribution in [3.05, 3.63) is 84.2 Å². The molecule has 0 saturated heterocycles. The fourth-order valence-corrected chi connectivity index (χ4v) is 3.57. The van der Waals surface area contributed by atoms with Gasteiger partial charge in [-0.3, -0.25) is 4.98 Å². The van der Waals surface area contributed by atoms with Gasteiger partial charge in [0.2, 0.25) is 0 Å². The van der Waals surface area contributed by atoms with Crippen molar-refractivity contribution in [2.24, 2.45) is 0 Å². The van der Waals surface area contributed by atoms with Crippen LogP contribution in [0, 0.1) is 11.3 Å². The lowest BCUT2D eigenvalue weighted by Gasteiger charge is -2.12. The summed E-state index contributed by atoms with van der Waals surface area (Å²) in [6, 6.07) is 20.0. The lowest BCUT2D eigenvalue weighted by Crippen LogP contribution is -1.96. The number of esters is 1. The molecule has 1 heterocycles. The first kappa shape index (κ1) is 18.4. The van der Waals surface area contributed by atoms with Crippen molar-refractivity contribution in [3.63, 3.8) is 0 Å². The summed E-state index contributed by atoms with van der Waals surface area (Å²) in [7, 11) is 1.37. The molecule has 0 saturated carbocycles. The number of pyridine rings is 1. The SMILES string of the molecule is COC(=O)/C=C(\C)c1ccc2cncc(-c3ccc(C#N)c4ccccc34)c2c1. The van der Waals surface area contributed by atoms with Crippen LogP contribution in [0.1, 0.15) is 18.1 Å². The zero-order valence-electron chi connectivity index (χ0n) is 16.1. The van der Waals surface area contributed by atoms with Crippen LogP contribution in [0.25, 0.3) is 38.2 Å². The standard InChI is InChI=1S/C25H18N2O2/c1-16(11-25(28)29-2)17-7-8-19-14-27-15-24(23(19)12-17)22-10-9-18(13-26)20-5-3-4-6-21(20)22/h3-12,14-15H,1-2H3/b16-11+. The molecule has 0 aliphatic rings. The predicted molar refractivity (Wildman–Crippen MR) is 115 cm³/mol. The summed E-state index contributed by atoms with van der Waals surface area (Å²) in [5, 5.41) is 13.4. The number of hydrogen-bond donors (Lipinski definition) is 0. The first-order valence-electron chi connectivity index (χ1n) is 9.19. The Morgan fingerprint density at radius 2 is 1.79 bits per heavy atom. The minimum atomic E-state index is -0.379. The first-order valence-corrected chi connectivity index (χ1v) is 9.19. The third-order valence-electron chi connectivity index (χ3n) is 5.09. The molecule has 1 aromatic heterocycles. The van der Waals surface area contributed by atoms with Crippen LogP contribution in [0.15, 0.2) is 73.1 Å². The Morgan fingerprint density at radius 1 is 1.00 bits per heavy atom. The van der Waals surface area contributed by atoms with Crippen molar-refractivity contribution in [1.82, 2.24) is 4.98 Å². The van der Waals surface area contributed by atoms with Gasteiger partial charge in [-0.15, -0.1) is 0 Å². The van der Waals surface area contributed by atoms with Gasteiger partial charge in [-0.25, -0.2) is 4.79 Å². The van der Waals surface area contributed by atoms with Crippen LogP contribution in [0.2, 0.25) is 0 Å². The van der Waals surface area contributed by atoms with Crippen molar-refractivity contribution in [2.45, 2.75) is 6.92 Å². The summed E-state index contributed by atoms with van der Waals surface area (Å²) in [6.07, 6.45) is 5.16. The van der Waals surface area contributed by atoms with Crippen LogP contribution >= 0.6 is 0 Å². The largest absolute Gasteiger partial charge is 0.466 e. The molecule has 0 unspecified atom stereocenters. The molecular formula is C25H18N2O2. The van der Waals surface area contributed by atoms with Crippen molar-refractivity contribution in [2.75, 3.05) is 7.11 Å². The van der Waals surface area contributed by atoms with E-state index in [9.17, 15) is 10.1 Å². The van der Waals surface area contributed by atoms with E-state index in [4.69, 9.17) is 4.74 Å². The molecule has 4 heteroatoms. The maximum Gasteiger partial charge on any atom is 0.330 e. The number of ether oxygens (including phenoxy) is 1. The van der Waals surface area contributed by atoms with E-state index in [-0.39, 0.29) is 5.97 Å². The number of benzene rings is 3. The minimum Gasteiger partial charge on any atom is -0.466 e. The van der Waals surface area contributed by atoms with Gasteiger partial charge >= 0.3 is 5.97 Å².